The van der Waals surface area contributed by atoms with Gasteiger partial charge in [-0.2, -0.15) is 5.10 Å². The highest BCUT2D eigenvalue weighted by atomic mass is 35.5. The third kappa shape index (κ3) is 4.54. The fraction of sp³-hybridized carbons (Fsp3) is 0.267. The number of aromatic nitrogens is 2. The van der Waals surface area contributed by atoms with Gasteiger partial charge in [0, 0.05) is 0 Å². The van der Waals surface area contributed by atoms with Gasteiger partial charge in [0.05, 0.1) is 15.6 Å². The molecule has 1 heterocycles. The molecule has 0 aliphatic carbocycles. The first-order valence-electron chi connectivity index (χ1n) is 7.28. The largest absolute Gasteiger partial charge is 0.454 e. The number of aryl methyl sites for hydroxylation is 1. The second kappa shape index (κ2) is 7.91. The van der Waals surface area contributed by atoms with Gasteiger partial charge in [-0.1, -0.05) is 11.6 Å². The van der Waals surface area contributed by atoms with Gasteiger partial charge in [-0.25, -0.2) is 4.39 Å². The van der Waals surface area contributed by atoms with Crippen LogP contribution in [0.25, 0.3) is 0 Å². The molecule has 0 spiro atoms. The van der Waals surface area contributed by atoms with Crippen LogP contribution in [0.1, 0.15) is 11.4 Å². The van der Waals surface area contributed by atoms with Crippen LogP contribution >= 0.6 is 11.6 Å². The average Bonchev–Trinajstić information content (AvgIpc) is 2.82. The van der Waals surface area contributed by atoms with E-state index in [0.717, 1.165) is 16.8 Å². The van der Waals surface area contributed by atoms with Gasteiger partial charge in [0.15, 0.2) is 6.61 Å². The molecule has 0 aliphatic rings. The Balaban J connectivity index is 1.91. The summed E-state index contributed by atoms with van der Waals surface area (Å²) < 4.78 is 18.9. The van der Waals surface area contributed by atoms with Gasteiger partial charge in [0.1, 0.15) is 23.7 Å². The van der Waals surface area contributed by atoms with Crippen LogP contribution in [0.4, 0.5) is 15.8 Å². The van der Waals surface area contributed by atoms with E-state index in [-0.39, 0.29) is 34.3 Å². The van der Waals surface area contributed by atoms with Crippen molar-refractivity contribution in [2.24, 2.45) is 0 Å². The number of benzene rings is 1. The Morgan fingerprint density at radius 3 is 2.69 bits per heavy atom. The Morgan fingerprint density at radius 2 is 2.12 bits per heavy atom. The minimum atomic E-state index is -0.800. The predicted octanol–water partition coefficient (Wildman–Crippen LogP) is 2.38. The molecule has 0 atom stereocenters. The Morgan fingerprint density at radius 1 is 1.42 bits per heavy atom. The normalized spacial score (nSPS) is 10.5. The first-order chi connectivity index (χ1) is 12.2. The van der Waals surface area contributed by atoms with E-state index in [0.29, 0.717) is 0 Å². The molecule has 0 radical (unpaired) electrons. The Kier molecular flexibility index (Phi) is 5.88. The van der Waals surface area contributed by atoms with Crippen LogP contribution in [0.2, 0.25) is 5.02 Å². The third-order valence-electron chi connectivity index (χ3n) is 3.37. The SMILES string of the molecule is Cc1nn(CC(=O)OCC(=O)Nc2ccc(F)cc2Cl)c(C)c1[N+](=O)[O-]. The van der Waals surface area contributed by atoms with Gasteiger partial charge in [-0.05, 0) is 32.0 Å². The fourth-order valence-electron chi connectivity index (χ4n) is 2.20. The minimum absolute atomic E-state index is 0.000345. The van der Waals surface area contributed by atoms with Crippen molar-refractivity contribution in [2.75, 3.05) is 11.9 Å². The fourth-order valence-corrected chi connectivity index (χ4v) is 2.41. The molecule has 138 valence electrons. The summed E-state index contributed by atoms with van der Waals surface area (Å²) in [5.74, 6) is -2.03. The first kappa shape index (κ1) is 19.3. The summed E-state index contributed by atoms with van der Waals surface area (Å²) in [6.07, 6.45) is 0. The summed E-state index contributed by atoms with van der Waals surface area (Å²) in [6, 6.07) is 3.41. The predicted molar refractivity (Wildman–Crippen MR) is 89.4 cm³/mol. The topological polar surface area (TPSA) is 116 Å². The number of nitro groups is 1. The Labute approximate surface area is 151 Å². The number of halogens is 2. The number of nitrogens with one attached hydrogen (secondary N) is 1. The molecule has 1 aromatic carbocycles. The summed E-state index contributed by atoms with van der Waals surface area (Å²) in [7, 11) is 0. The molecule has 0 bridgehead atoms. The molecule has 0 aliphatic heterocycles. The maximum Gasteiger partial charge on any atom is 0.328 e. The van der Waals surface area contributed by atoms with Crippen LogP contribution in [-0.2, 0) is 20.9 Å². The zero-order chi connectivity index (χ0) is 19.4. The van der Waals surface area contributed by atoms with Crippen molar-refractivity contribution in [3.63, 3.8) is 0 Å². The van der Waals surface area contributed by atoms with Gasteiger partial charge in [-0.15, -0.1) is 0 Å². The van der Waals surface area contributed by atoms with Crippen LogP contribution in [0, 0.1) is 29.8 Å². The molecular formula is C15H14ClFN4O5. The second-order valence-electron chi connectivity index (χ2n) is 5.27. The molecule has 11 heteroatoms. The van der Waals surface area contributed by atoms with E-state index in [4.69, 9.17) is 16.3 Å². The van der Waals surface area contributed by atoms with Gasteiger partial charge < -0.3 is 10.1 Å². The number of anilines is 1. The average molecular weight is 385 g/mol. The van der Waals surface area contributed by atoms with Crippen molar-refractivity contribution in [3.8, 4) is 0 Å². The molecule has 1 N–H and O–H groups in total. The lowest BCUT2D eigenvalue weighted by molar-refractivity contribution is -0.386. The lowest BCUT2D eigenvalue weighted by Crippen LogP contribution is -2.23. The van der Waals surface area contributed by atoms with Gasteiger partial charge in [0.25, 0.3) is 5.91 Å². The third-order valence-corrected chi connectivity index (χ3v) is 3.69. The van der Waals surface area contributed by atoms with Crippen LogP contribution in [0.15, 0.2) is 18.2 Å². The van der Waals surface area contributed by atoms with Crippen molar-refractivity contribution >= 4 is 34.9 Å². The molecule has 26 heavy (non-hydrogen) atoms. The van der Waals surface area contributed by atoms with Crippen LogP contribution in [0.3, 0.4) is 0 Å². The molecule has 1 aromatic heterocycles. The van der Waals surface area contributed by atoms with Crippen molar-refractivity contribution in [1.29, 1.82) is 0 Å². The highest BCUT2D eigenvalue weighted by molar-refractivity contribution is 6.33. The van der Waals surface area contributed by atoms with Gasteiger partial charge in [-0.3, -0.25) is 24.4 Å². The van der Waals surface area contributed by atoms with Crippen molar-refractivity contribution < 1.29 is 23.6 Å². The first-order valence-corrected chi connectivity index (χ1v) is 7.65. The summed E-state index contributed by atoms with van der Waals surface area (Å²) in [5.41, 5.74) is 0.362. The molecular weight excluding hydrogens is 371 g/mol. The van der Waals surface area contributed by atoms with Gasteiger partial charge in [0.2, 0.25) is 0 Å². The maximum atomic E-state index is 12.9. The quantitative estimate of drug-likeness (QED) is 0.464. The molecule has 0 unspecified atom stereocenters. The molecule has 2 rings (SSSR count). The van der Waals surface area contributed by atoms with Crippen molar-refractivity contribution in [2.45, 2.75) is 20.4 Å². The van der Waals surface area contributed by atoms with E-state index >= 15 is 0 Å². The van der Waals surface area contributed by atoms with E-state index in [2.05, 4.69) is 10.4 Å². The number of nitrogens with zero attached hydrogens (tertiary/aromatic N) is 3. The molecule has 0 saturated carbocycles. The Hall–Kier alpha value is -3.01. The van der Waals surface area contributed by atoms with Crippen LogP contribution < -0.4 is 5.32 Å². The van der Waals surface area contributed by atoms with Crippen molar-refractivity contribution in [1.82, 2.24) is 9.78 Å². The highest BCUT2D eigenvalue weighted by Crippen LogP contribution is 2.23. The van der Waals surface area contributed by atoms with E-state index in [1.165, 1.54) is 19.9 Å². The summed E-state index contributed by atoms with van der Waals surface area (Å²) in [4.78, 5) is 33.9. The lowest BCUT2D eigenvalue weighted by atomic mass is 10.3. The van der Waals surface area contributed by atoms with Crippen LogP contribution in [0.5, 0.6) is 0 Å². The Bertz CT molecular complexity index is 883. The molecule has 2 aromatic rings. The summed E-state index contributed by atoms with van der Waals surface area (Å²) >= 11 is 5.77. The number of amides is 1. The molecule has 9 nitrogen and oxygen atoms in total. The van der Waals surface area contributed by atoms with E-state index in [9.17, 15) is 24.1 Å². The maximum absolute atomic E-state index is 12.9. The summed E-state index contributed by atoms with van der Waals surface area (Å²) in [5, 5.41) is 17.2. The second-order valence-corrected chi connectivity index (χ2v) is 5.67. The number of carbonyl (C=O) groups is 2. The molecule has 1 amide bonds. The number of esters is 1. The minimum Gasteiger partial charge on any atom is -0.454 e. The number of hydrogen-bond acceptors (Lipinski definition) is 6. The zero-order valence-electron chi connectivity index (χ0n) is 13.8. The monoisotopic (exact) mass is 384 g/mol. The molecule has 0 saturated heterocycles. The number of hydrogen-bond donors (Lipinski definition) is 1. The number of rotatable bonds is 6. The standard InChI is InChI=1S/C15H14ClFN4O5/c1-8-15(21(24)25)9(2)20(19-8)6-14(23)26-7-13(22)18-12-4-3-10(17)5-11(12)16/h3-5H,6-7H2,1-2H3,(H,18,22). The van der Waals surface area contributed by atoms with E-state index in [1.54, 1.807) is 0 Å². The highest BCUT2D eigenvalue weighted by Gasteiger charge is 2.23. The smallest absolute Gasteiger partial charge is 0.328 e. The van der Waals surface area contributed by atoms with Crippen LogP contribution in [-0.4, -0.2) is 33.2 Å². The zero-order valence-corrected chi connectivity index (χ0v) is 14.5. The lowest BCUT2D eigenvalue weighted by Gasteiger charge is -2.08. The van der Waals surface area contributed by atoms with E-state index < -0.39 is 29.2 Å². The van der Waals surface area contributed by atoms with Crippen molar-refractivity contribution in [3.05, 3.63) is 50.5 Å². The molecule has 0 fully saturated rings. The number of ether oxygens (including phenoxy) is 1. The summed E-state index contributed by atoms with van der Waals surface area (Å²) in [6.45, 7) is 1.92. The number of carbonyl (C=O) groups excluding carboxylic acids is 2. The van der Waals surface area contributed by atoms with Gasteiger partial charge >= 0.3 is 11.7 Å². The van der Waals surface area contributed by atoms with E-state index in [1.807, 2.05) is 0 Å².